The Morgan fingerprint density at radius 1 is 1.18 bits per heavy atom. The Bertz CT molecular complexity index is 710. The molecule has 1 atom stereocenters. The van der Waals surface area contributed by atoms with Crippen LogP contribution in [-0.4, -0.2) is 35.0 Å². The zero-order valence-corrected chi connectivity index (χ0v) is 12.4. The highest BCUT2D eigenvalue weighted by Crippen LogP contribution is 2.22. The molecule has 4 nitrogen and oxygen atoms in total. The molecule has 1 amide bonds. The van der Waals surface area contributed by atoms with Crippen LogP contribution in [0.5, 0.6) is 0 Å². The molecule has 0 spiro atoms. The lowest BCUT2D eigenvalue weighted by Gasteiger charge is -2.16. The van der Waals surface area contributed by atoms with E-state index in [0.717, 1.165) is 6.42 Å². The Morgan fingerprint density at radius 2 is 1.95 bits per heavy atom. The molecule has 2 aromatic rings. The van der Waals surface area contributed by atoms with E-state index in [9.17, 15) is 9.59 Å². The van der Waals surface area contributed by atoms with E-state index in [1.54, 1.807) is 4.90 Å². The van der Waals surface area contributed by atoms with Gasteiger partial charge in [0.1, 0.15) is 0 Å². The van der Waals surface area contributed by atoms with E-state index in [-0.39, 0.29) is 18.2 Å². The molecule has 1 heterocycles. The van der Waals surface area contributed by atoms with Crippen LogP contribution in [0, 0.1) is 5.92 Å². The molecule has 4 heteroatoms. The average Bonchev–Trinajstić information content (AvgIpc) is 2.85. The van der Waals surface area contributed by atoms with E-state index in [1.807, 2.05) is 12.1 Å². The minimum atomic E-state index is -0.894. The summed E-state index contributed by atoms with van der Waals surface area (Å²) in [5.74, 6) is -1.24. The van der Waals surface area contributed by atoms with Crippen LogP contribution in [0.2, 0.25) is 0 Å². The van der Waals surface area contributed by atoms with Crippen molar-refractivity contribution in [3.8, 4) is 0 Å². The second-order valence-electron chi connectivity index (χ2n) is 5.84. The number of likely N-dealkylation sites (tertiary alicyclic amines) is 1. The molecule has 2 aromatic carbocycles. The number of carbonyl (C=O) groups is 2. The van der Waals surface area contributed by atoms with Gasteiger partial charge in [-0.2, -0.15) is 0 Å². The Labute approximate surface area is 129 Å². The topological polar surface area (TPSA) is 57.6 Å². The third-order valence-electron chi connectivity index (χ3n) is 4.31. The van der Waals surface area contributed by atoms with Crippen molar-refractivity contribution in [1.82, 2.24) is 4.90 Å². The van der Waals surface area contributed by atoms with Crippen molar-refractivity contribution < 1.29 is 14.7 Å². The minimum absolute atomic E-state index is 0.0109. The summed E-state index contributed by atoms with van der Waals surface area (Å²) in [5, 5.41) is 11.2. The SMILES string of the molecule is O=C(O)CC1CCN(CCc2ccc3ccccc3c2)C1=O. The summed E-state index contributed by atoms with van der Waals surface area (Å²) in [6, 6.07) is 14.6. The van der Waals surface area contributed by atoms with Gasteiger partial charge in [-0.1, -0.05) is 42.5 Å². The van der Waals surface area contributed by atoms with Gasteiger partial charge in [-0.15, -0.1) is 0 Å². The number of amides is 1. The van der Waals surface area contributed by atoms with E-state index in [1.165, 1.54) is 16.3 Å². The van der Waals surface area contributed by atoms with Crippen LogP contribution in [0.4, 0.5) is 0 Å². The van der Waals surface area contributed by atoms with Gasteiger partial charge in [0.15, 0.2) is 0 Å². The predicted molar refractivity (Wildman–Crippen MR) is 84.6 cm³/mol. The smallest absolute Gasteiger partial charge is 0.304 e. The second kappa shape index (κ2) is 6.18. The average molecular weight is 297 g/mol. The van der Waals surface area contributed by atoms with Gasteiger partial charge in [0.25, 0.3) is 0 Å². The summed E-state index contributed by atoms with van der Waals surface area (Å²) >= 11 is 0. The van der Waals surface area contributed by atoms with E-state index < -0.39 is 5.97 Å². The van der Waals surface area contributed by atoms with Crippen molar-refractivity contribution in [3.63, 3.8) is 0 Å². The highest BCUT2D eigenvalue weighted by atomic mass is 16.4. The van der Waals surface area contributed by atoms with Crippen molar-refractivity contribution in [2.45, 2.75) is 19.3 Å². The summed E-state index contributed by atoms with van der Waals surface area (Å²) in [4.78, 5) is 24.7. The molecule has 1 saturated heterocycles. The van der Waals surface area contributed by atoms with Gasteiger partial charge in [0.2, 0.25) is 5.91 Å². The first-order valence-electron chi connectivity index (χ1n) is 7.62. The number of nitrogens with zero attached hydrogens (tertiary/aromatic N) is 1. The molecule has 1 unspecified atom stereocenters. The maximum atomic E-state index is 12.1. The monoisotopic (exact) mass is 297 g/mol. The molecule has 0 bridgehead atoms. The third kappa shape index (κ3) is 3.11. The molecular formula is C18H19NO3. The van der Waals surface area contributed by atoms with Crippen molar-refractivity contribution in [2.24, 2.45) is 5.92 Å². The number of benzene rings is 2. The van der Waals surface area contributed by atoms with Crippen LogP contribution < -0.4 is 0 Å². The lowest BCUT2D eigenvalue weighted by molar-refractivity contribution is -0.142. The summed E-state index contributed by atoms with van der Waals surface area (Å²) in [5.41, 5.74) is 1.20. The molecule has 22 heavy (non-hydrogen) atoms. The number of hydrogen-bond donors (Lipinski definition) is 1. The van der Waals surface area contributed by atoms with Gasteiger partial charge in [-0.05, 0) is 29.2 Å². The van der Waals surface area contributed by atoms with Crippen LogP contribution in [0.25, 0.3) is 10.8 Å². The van der Waals surface area contributed by atoms with Crippen molar-refractivity contribution >= 4 is 22.6 Å². The molecule has 114 valence electrons. The van der Waals surface area contributed by atoms with Crippen molar-refractivity contribution in [2.75, 3.05) is 13.1 Å². The number of aliphatic carboxylic acids is 1. The Morgan fingerprint density at radius 3 is 2.73 bits per heavy atom. The van der Waals surface area contributed by atoms with Crippen molar-refractivity contribution in [1.29, 1.82) is 0 Å². The molecular weight excluding hydrogens is 278 g/mol. The molecule has 1 aliphatic heterocycles. The van der Waals surface area contributed by atoms with Gasteiger partial charge >= 0.3 is 5.97 Å². The molecule has 0 saturated carbocycles. The molecule has 1 N–H and O–H groups in total. The van der Waals surface area contributed by atoms with Crippen molar-refractivity contribution in [3.05, 3.63) is 48.0 Å². The largest absolute Gasteiger partial charge is 0.481 e. The highest BCUT2D eigenvalue weighted by molar-refractivity contribution is 5.85. The first-order valence-corrected chi connectivity index (χ1v) is 7.62. The normalized spacial score (nSPS) is 18.1. The molecule has 1 fully saturated rings. The molecule has 1 aliphatic rings. The third-order valence-corrected chi connectivity index (χ3v) is 4.31. The summed E-state index contributed by atoms with van der Waals surface area (Å²) in [7, 11) is 0. The molecule has 0 aromatic heterocycles. The van der Waals surface area contributed by atoms with Gasteiger partial charge in [0.05, 0.1) is 12.3 Å². The van der Waals surface area contributed by atoms with Crippen LogP contribution in [-0.2, 0) is 16.0 Å². The first-order chi connectivity index (χ1) is 10.6. The van der Waals surface area contributed by atoms with E-state index in [0.29, 0.717) is 19.5 Å². The van der Waals surface area contributed by atoms with Crippen LogP contribution in [0.1, 0.15) is 18.4 Å². The lowest BCUT2D eigenvalue weighted by Crippen LogP contribution is -2.30. The molecule has 3 rings (SSSR count). The lowest BCUT2D eigenvalue weighted by atomic mass is 10.0. The number of fused-ring (bicyclic) bond motifs is 1. The number of rotatable bonds is 5. The number of hydrogen-bond acceptors (Lipinski definition) is 2. The van der Waals surface area contributed by atoms with E-state index in [2.05, 4.69) is 30.3 Å². The zero-order valence-electron chi connectivity index (χ0n) is 12.4. The predicted octanol–water partition coefficient (Wildman–Crippen LogP) is 2.71. The molecule has 0 radical (unpaired) electrons. The fraction of sp³-hybridized carbons (Fsp3) is 0.333. The van der Waals surface area contributed by atoms with Gasteiger partial charge < -0.3 is 10.0 Å². The van der Waals surface area contributed by atoms with Gasteiger partial charge in [-0.25, -0.2) is 0 Å². The number of carboxylic acid groups (broad SMARTS) is 1. The summed E-state index contributed by atoms with van der Waals surface area (Å²) < 4.78 is 0. The summed E-state index contributed by atoms with van der Waals surface area (Å²) in [6.07, 6.45) is 1.41. The quantitative estimate of drug-likeness (QED) is 0.923. The van der Waals surface area contributed by atoms with Gasteiger partial charge in [0, 0.05) is 13.1 Å². The standard InChI is InChI=1S/C18H19NO3/c20-17(21)12-16-8-10-19(18(16)22)9-7-13-5-6-14-3-1-2-4-15(14)11-13/h1-6,11,16H,7-10,12H2,(H,20,21). The van der Waals surface area contributed by atoms with E-state index >= 15 is 0 Å². The van der Waals surface area contributed by atoms with Crippen LogP contribution in [0.3, 0.4) is 0 Å². The van der Waals surface area contributed by atoms with E-state index in [4.69, 9.17) is 5.11 Å². The van der Waals surface area contributed by atoms with Crippen LogP contribution in [0.15, 0.2) is 42.5 Å². The Balaban J connectivity index is 1.62. The van der Waals surface area contributed by atoms with Gasteiger partial charge in [-0.3, -0.25) is 9.59 Å². The second-order valence-corrected chi connectivity index (χ2v) is 5.84. The highest BCUT2D eigenvalue weighted by Gasteiger charge is 2.32. The first kappa shape index (κ1) is 14.6. The van der Waals surface area contributed by atoms with Crippen LogP contribution >= 0.6 is 0 Å². The fourth-order valence-corrected chi connectivity index (χ4v) is 3.08. The maximum absolute atomic E-state index is 12.1. The minimum Gasteiger partial charge on any atom is -0.481 e. The fourth-order valence-electron chi connectivity index (χ4n) is 3.08. The Hall–Kier alpha value is -2.36. The number of carboxylic acids is 1. The maximum Gasteiger partial charge on any atom is 0.304 e. The Kier molecular flexibility index (Phi) is 4.09. The summed E-state index contributed by atoms with van der Waals surface area (Å²) in [6.45, 7) is 1.33. The molecule has 0 aliphatic carbocycles. The number of carbonyl (C=O) groups excluding carboxylic acids is 1. The zero-order chi connectivity index (χ0) is 15.5.